The van der Waals surface area contributed by atoms with Gasteiger partial charge < -0.3 is 64.2 Å². The number of benzene rings is 1. The summed E-state index contributed by atoms with van der Waals surface area (Å²) in [5, 5.41) is 46.5. The predicted molar refractivity (Wildman–Crippen MR) is 231 cm³/mol. The molecule has 0 fully saturated rings. The minimum atomic E-state index is -1.80. The quantitative estimate of drug-likeness (QED) is 0.0239. The van der Waals surface area contributed by atoms with E-state index in [1.165, 1.54) is 0 Å². The van der Waals surface area contributed by atoms with E-state index in [1.807, 2.05) is 6.92 Å². The van der Waals surface area contributed by atoms with E-state index in [4.69, 9.17) is 16.9 Å². The first-order valence-corrected chi connectivity index (χ1v) is 20.9. The summed E-state index contributed by atoms with van der Waals surface area (Å²) in [6.45, 7) is 9.75. The molecule has 15 N–H and O–H groups in total. The Morgan fingerprint density at radius 3 is 1.70 bits per heavy atom. The normalized spacial score (nSPS) is 14.3. The molecule has 7 amide bonds. The number of hydrogen-bond donors (Lipinski definition) is 13. The summed E-state index contributed by atoms with van der Waals surface area (Å²) in [5.74, 6) is -9.37. The highest BCUT2D eigenvalue weighted by Crippen LogP contribution is 2.12. The number of carbonyl (C=O) groups excluding carboxylic acids is 7. The van der Waals surface area contributed by atoms with Gasteiger partial charge in [-0.25, -0.2) is 4.79 Å². The lowest BCUT2D eigenvalue weighted by molar-refractivity contribution is -0.143. The molecule has 0 aliphatic carbocycles. The van der Waals surface area contributed by atoms with Crippen LogP contribution in [0.1, 0.15) is 85.6 Å². The number of carbonyl (C=O) groups is 9. The molecule has 0 heterocycles. The molecule has 0 aliphatic heterocycles. The van der Waals surface area contributed by atoms with Crippen LogP contribution in [-0.2, 0) is 49.6 Å². The van der Waals surface area contributed by atoms with E-state index in [-0.39, 0.29) is 62.4 Å². The molecule has 0 aliphatic rings. The van der Waals surface area contributed by atoms with Crippen molar-refractivity contribution >= 4 is 59.2 Å². The minimum absolute atomic E-state index is 0.0799. The maximum Gasteiger partial charge on any atom is 0.326 e. The molecule has 0 saturated heterocycles. The second kappa shape index (κ2) is 28.3. The summed E-state index contributed by atoms with van der Waals surface area (Å²) in [6, 6.07) is 0.460. The highest BCUT2D eigenvalue weighted by Gasteiger charge is 2.34. The van der Waals surface area contributed by atoms with Crippen molar-refractivity contribution in [1.29, 1.82) is 5.41 Å². The average Bonchev–Trinajstić information content (AvgIpc) is 3.20. The van der Waals surface area contributed by atoms with Gasteiger partial charge in [-0.15, -0.1) is 0 Å². The average molecular weight is 890 g/mol. The van der Waals surface area contributed by atoms with Crippen LogP contribution >= 0.6 is 0 Å². The Kier molecular flexibility index (Phi) is 24.6. The fourth-order valence-electron chi connectivity index (χ4n) is 6.01. The van der Waals surface area contributed by atoms with E-state index in [2.05, 4.69) is 42.5 Å². The van der Waals surface area contributed by atoms with E-state index in [1.54, 1.807) is 65.0 Å². The fourth-order valence-corrected chi connectivity index (χ4v) is 6.01. The second-order valence-corrected chi connectivity index (χ2v) is 16.1. The number of aliphatic carboxylic acids is 2. The summed E-state index contributed by atoms with van der Waals surface area (Å²) in [4.78, 5) is 116. The predicted octanol–water partition coefficient (Wildman–Crippen LogP) is -1.83. The van der Waals surface area contributed by atoms with Crippen LogP contribution < -0.4 is 54.0 Å². The summed E-state index contributed by atoms with van der Waals surface area (Å²) >= 11 is 0. The summed E-state index contributed by atoms with van der Waals surface area (Å²) in [5.41, 5.74) is 11.8. The standard InChI is InChI=1S/C41H67N11O11/c1-7-24(6)34(42)39(61)47-20-31(53)46-21-32(54)48-26(14-11-15-45-41(43)44)35(57)51-29(19-33(55)56)38(60)50-28(18-25-12-9-8-10-13-25)37(59)49-27(16-22(2)3)36(58)52-30(40(62)63)17-23(4)5/h8-10,12-13,22-24,26-30,34H,7,11,14-21,42H2,1-6H3,(H,46,53)(H,47,61)(H,48,54)(H,49,59)(H,50,60)(H,51,57)(H,52,58)(H,55,56)(H,62,63)(H4,43,44,45)/t24-,26-,27-,28-,29-,30-,34-/m0/s1. The Balaban J connectivity index is 3.32. The molecule has 0 spiro atoms. The highest BCUT2D eigenvalue weighted by atomic mass is 16.4. The zero-order chi connectivity index (χ0) is 47.8. The third-order valence-electron chi connectivity index (χ3n) is 9.65. The van der Waals surface area contributed by atoms with Crippen molar-refractivity contribution in [2.45, 2.75) is 123 Å². The van der Waals surface area contributed by atoms with E-state index in [0.717, 1.165) is 0 Å². The Bertz CT molecular complexity index is 1730. The molecule has 352 valence electrons. The van der Waals surface area contributed by atoms with E-state index in [9.17, 15) is 53.4 Å². The maximum absolute atomic E-state index is 14.0. The third-order valence-corrected chi connectivity index (χ3v) is 9.65. The van der Waals surface area contributed by atoms with Crippen molar-refractivity contribution < 1.29 is 53.4 Å². The highest BCUT2D eigenvalue weighted by molar-refractivity contribution is 5.97. The van der Waals surface area contributed by atoms with Gasteiger partial charge >= 0.3 is 11.9 Å². The molecule has 0 aromatic heterocycles. The van der Waals surface area contributed by atoms with Crippen LogP contribution in [-0.4, -0.2) is 125 Å². The molecule has 0 saturated carbocycles. The number of rotatable bonds is 29. The molecule has 22 heteroatoms. The van der Waals surface area contributed by atoms with Crippen LogP contribution in [0.2, 0.25) is 0 Å². The van der Waals surface area contributed by atoms with Gasteiger partial charge in [0.1, 0.15) is 30.2 Å². The lowest BCUT2D eigenvalue weighted by atomic mass is 9.99. The van der Waals surface area contributed by atoms with Crippen LogP contribution in [0.3, 0.4) is 0 Å². The van der Waals surface area contributed by atoms with Gasteiger partial charge in [-0.2, -0.15) is 0 Å². The van der Waals surface area contributed by atoms with Crippen LogP contribution in [0.5, 0.6) is 0 Å². The number of nitrogens with two attached hydrogens (primary N) is 2. The van der Waals surface area contributed by atoms with Crippen molar-refractivity contribution in [3.63, 3.8) is 0 Å². The molecule has 1 rings (SSSR count). The smallest absolute Gasteiger partial charge is 0.326 e. The zero-order valence-corrected chi connectivity index (χ0v) is 36.9. The molecule has 0 unspecified atom stereocenters. The zero-order valence-electron chi connectivity index (χ0n) is 36.9. The monoisotopic (exact) mass is 890 g/mol. The molecule has 1 aromatic carbocycles. The van der Waals surface area contributed by atoms with Gasteiger partial charge in [0.05, 0.1) is 25.6 Å². The summed E-state index contributed by atoms with van der Waals surface area (Å²) in [6.07, 6.45) is -0.234. The van der Waals surface area contributed by atoms with Gasteiger partial charge in [0.25, 0.3) is 0 Å². The molecule has 1 aromatic rings. The van der Waals surface area contributed by atoms with Gasteiger partial charge in [-0.3, -0.25) is 43.8 Å². The topological polar surface area (TPSA) is 366 Å². The Morgan fingerprint density at radius 2 is 1.14 bits per heavy atom. The van der Waals surface area contributed by atoms with Crippen molar-refractivity contribution in [2.75, 3.05) is 19.6 Å². The first kappa shape index (κ1) is 54.7. The number of hydrogen-bond acceptors (Lipinski definition) is 11. The second-order valence-electron chi connectivity index (χ2n) is 16.1. The molecule has 0 bridgehead atoms. The number of carboxylic acids is 2. The van der Waals surface area contributed by atoms with Crippen LogP contribution in [0.15, 0.2) is 30.3 Å². The first-order valence-electron chi connectivity index (χ1n) is 20.9. The fraction of sp³-hybridized carbons (Fsp3) is 0.610. The summed E-state index contributed by atoms with van der Waals surface area (Å²) < 4.78 is 0. The molecular weight excluding hydrogens is 823 g/mol. The van der Waals surface area contributed by atoms with Gasteiger partial charge in [-0.1, -0.05) is 78.3 Å². The minimum Gasteiger partial charge on any atom is -0.481 e. The molecule has 63 heavy (non-hydrogen) atoms. The Morgan fingerprint density at radius 1 is 0.635 bits per heavy atom. The van der Waals surface area contributed by atoms with Gasteiger partial charge in [-0.05, 0) is 49.0 Å². The SMILES string of the molecule is CC[C@H](C)[C@H](N)C(=O)NCC(=O)NCC(=O)N[C@@H](CCCNC(=N)N)C(=O)N[C@@H](CC(=O)O)C(=O)N[C@@H](Cc1ccccc1)C(=O)N[C@@H](CC(C)C)C(=O)N[C@@H](CC(C)C)C(=O)O. The maximum atomic E-state index is 14.0. The van der Waals surface area contributed by atoms with Crippen molar-refractivity contribution in [2.24, 2.45) is 29.2 Å². The summed E-state index contributed by atoms with van der Waals surface area (Å²) in [7, 11) is 0. The first-order chi connectivity index (χ1) is 29.5. The molecule has 7 atom stereocenters. The van der Waals surface area contributed by atoms with Gasteiger partial charge in [0, 0.05) is 13.0 Å². The molecular formula is C41H67N11O11. The lowest BCUT2D eigenvalue weighted by Crippen LogP contribution is -2.60. The van der Waals surface area contributed by atoms with Crippen LogP contribution in [0, 0.1) is 23.2 Å². The third kappa shape index (κ3) is 22.4. The number of guanidine groups is 1. The van der Waals surface area contributed by atoms with Crippen LogP contribution in [0.4, 0.5) is 0 Å². The largest absolute Gasteiger partial charge is 0.481 e. The number of carboxylic acid groups (broad SMARTS) is 2. The van der Waals surface area contributed by atoms with Crippen molar-refractivity contribution in [3.8, 4) is 0 Å². The number of nitrogens with one attached hydrogen (secondary N) is 9. The van der Waals surface area contributed by atoms with E-state index in [0.29, 0.717) is 12.0 Å². The van der Waals surface area contributed by atoms with Crippen molar-refractivity contribution in [1.82, 2.24) is 42.5 Å². The molecule has 0 radical (unpaired) electrons. The van der Waals surface area contributed by atoms with E-state index >= 15 is 0 Å². The number of amides is 7. The Hall–Kier alpha value is -6.32. The Labute approximate surface area is 367 Å². The van der Waals surface area contributed by atoms with E-state index < -0.39 is 109 Å². The lowest BCUT2D eigenvalue weighted by Gasteiger charge is -2.27. The van der Waals surface area contributed by atoms with Gasteiger partial charge in [0.2, 0.25) is 41.4 Å². The van der Waals surface area contributed by atoms with Crippen molar-refractivity contribution in [3.05, 3.63) is 35.9 Å². The molecule has 22 nitrogen and oxygen atoms in total. The van der Waals surface area contributed by atoms with Gasteiger partial charge in [0.15, 0.2) is 5.96 Å². The van der Waals surface area contributed by atoms with Crippen LogP contribution in [0.25, 0.3) is 0 Å².